The average molecular weight is 412 g/mol. The zero-order chi connectivity index (χ0) is 21.1. The van der Waals surface area contributed by atoms with Gasteiger partial charge in [-0.2, -0.15) is 0 Å². The predicted molar refractivity (Wildman–Crippen MR) is 118 cm³/mol. The van der Waals surface area contributed by atoms with Crippen LogP contribution in [-0.4, -0.2) is 25.2 Å². The molecule has 6 nitrogen and oxygen atoms in total. The Morgan fingerprint density at radius 2 is 1.83 bits per heavy atom. The number of thiocarbonyl (C=S) groups is 1. The second-order valence-electron chi connectivity index (χ2n) is 6.95. The molecule has 0 aliphatic carbocycles. The number of hydrogen-bond acceptors (Lipinski definition) is 4. The van der Waals surface area contributed by atoms with E-state index >= 15 is 0 Å². The third-order valence-corrected chi connectivity index (χ3v) is 5.13. The first-order valence-electron chi connectivity index (χ1n) is 9.23. The fourth-order valence-electron chi connectivity index (χ4n) is 3.35. The number of amides is 1. The normalized spacial score (nSPS) is 16.0. The van der Waals surface area contributed by atoms with Gasteiger partial charge in [0.1, 0.15) is 11.5 Å². The summed E-state index contributed by atoms with van der Waals surface area (Å²) in [7, 11) is 3.18. The number of ether oxygens (including phenoxy) is 2. The van der Waals surface area contributed by atoms with Crippen molar-refractivity contribution in [3.8, 4) is 11.5 Å². The lowest BCUT2D eigenvalue weighted by atomic mass is 9.94. The van der Waals surface area contributed by atoms with Gasteiger partial charge >= 0.3 is 0 Å². The minimum absolute atomic E-state index is 0.207. The zero-order valence-electron chi connectivity index (χ0n) is 17.2. The maximum atomic E-state index is 13.3. The van der Waals surface area contributed by atoms with Crippen LogP contribution in [-0.2, 0) is 4.79 Å². The smallest absolute Gasteiger partial charge is 0.255 e. The highest BCUT2D eigenvalue weighted by atomic mass is 32.1. The third-order valence-electron chi connectivity index (χ3n) is 4.91. The van der Waals surface area contributed by atoms with Gasteiger partial charge in [0.05, 0.1) is 25.8 Å². The lowest BCUT2D eigenvalue weighted by Crippen LogP contribution is -2.45. The van der Waals surface area contributed by atoms with Gasteiger partial charge in [-0.3, -0.25) is 4.79 Å². The molecule has 2 aromatic rings. The van der Waals surface area contributed by atoms with Crippen LogP contribution in [0.4, 0.5) is 5.69 Å². The molecule has 1 aliphatic heterocycles. The molecule has 3 rings (SSSR count). The van der Waals surface area contributed by atoms with Gasteiger partial charge in [-0.1, -0.05) is 12.1 Å². The van der Waals surface area contributed by atoms with Crippen LogP contribution >= 0.6 is 12.2 Å². The summed E-state index contributed by atoms with van der Waals surface area (Å²) in [5.41, 5.74) is 4.88. The molecule has 0 saturated carbocycles. The van der Waals surface area contributed by atoms with Crippen LogP contribution in [0.25, 0.3) is 0 Å². The highest BCUT2D eigenvalue weighted by molar-refractivity contribution is 7.80. The second-order valence-corrected chi connectivity index (χ2v) is 7.36. The van der Waals surface area contributed by atoms with Crippen LogP contribution in [0.5, 0.6) is 11.5 Å². The number of carbonyl (C=O) groups excluding carboxylic acids is 1. The van der Waals surface area contributed by atoms with Crippen molar-refractivity contribution in [3.05, 3.63) is 64.4 Å². The van der Waals surface area contributed by atoms with E-state index in [1.165, 1.54) is 0 Å². The van der Waals surface area contributed by atoms with Gasteiger partial charge in [0.25, 0.3) is 5.91 Å². The van der Waals surface area contributed by atoms with Crippen LogP contribution in [0.2, 0.25) is 0 Å². The Morgan fingerprint density at radius 3 is 2.52 bits per heavy atom. The molecule has 0 unspecified atom stereocenters. The first-order chi connectivity index (χ1) is 13.8. The van der Waals surface area contributed by atoms with Crippen molar-refractivity contribution >= 4 is 28.9 Å². The molecule has 0 bridgehead atoms. The van der Waals surface area contributed by atoms with Gasteiger partial charge in [-0.05, 0) is 62.3 Å². The molecule has 0 aromatic heterocycles. The number of benzene rings is 2. The molecular weight excluding hydrogens is 386 g/mol. The SMILES string of the molecule is COc1ccc([C@@H]2NC(=S)NC(C)=C2C(=O)Nc2cc(C)ccc2C)c(OC)c1. The Bertz CT molecular complexity index is 1000. The van der Waals surface area contributed by atoms with E-state index in [2.05, 4.69) is 16.0 Å². The number of rotatable bonds is 5. The van der Waals surface area contributed by atoms with Gasteiger partial charge in [0.2, 0.25) is 0 Å². The summed E-state index contributed by atoms with van der Waals surface area (Å²) in [6.45, 7) is 5.80. The van der Waals surface area contributed by atoms with Crippen LogP contribution in [0.1, 0.15) is 29.7 Å². The molecule has 7 heteroatoms. The van der Waals surface area contributed by atoms with Crippen molar-refractivity contribution in [3.63, 3.8) is 0 Å². The summed E-state index contributed by atoms with van der Waals surface area (Å²) < 4.78 is 10.8. The number of methoxy groups -OCH3 is 2. The number of allylic oxidation sites excluding steroid dienone is 1. The molecule has 1 aliphatic rings. The molecule has 152 valence electrons. The molecule has 2 aromatic carbocycles. The topological polar surface area (TPSA) is 71.6 Å². The maximum absolute atomic E-state index is 13.3. The fraction of sp³-hybridized carbons (Fsp3) is 0.273. The lowest BCUT2D eigenvalue weighted by molar-refractivity contribution is -0.113. The number of carbonyl (C=O) groups is 1. The third kappa shape index (κ3) is 4.35. The standard InChI is InChI=1S/C22H25N3O3S/c1-12-6-7-13(2)17(10-12)24-21(26)19-14(3)23-22(29)25-20(19)16-9-8-15(27-4)11-18(16)28-5/h6-11,20H,1-5H3,(H,24,26)(H2,23,25,29)/t20-/m0/s1. The van der Waals surface area contributed by atoms with Crippen LogP contribution in [0, 0.1) is 13.8 Å². The van der Waals surface area contributed by atoms with E-state index in [1.54, 1.807) is 20.3 Å². The monoisotopic (exact) mass is 411 g/mol. The maximum Gasteiger partial charge on any atom is 0.255 e. The zero-order valence-corrected chi connectivity index (χ0v) is 18.0. The molecule has 3 N–H and O–H groups in total. The van der Waals surface area contributed by atoms with Crippen LogP contribution in [0.15, 0.2) is 47.7 Å². The lowest BCUT2D eigenvalue weighted by Gasteiger charge is -2.31. The Kier molecular flexibility index (Phi) is 6.08. The van der Waals surface area contributed by atoms with E-state index in [0.29, 0.717) is 27.9 Å². The average Bonchev–Trinajstić information content (AvgIpc) is 2.69. The molecule has 29 heavy (non-hydrogen) atoms. The van der Waals surface area contributed by atoms with Gasteiger partial charge in [0, 0.05) is 23.0 Å². The number of aryl methyl sites for hydroxylation is 2. The number of hydrogen-bond donors (Lipinski definition) is 3. The van der Waals surface area contributed by atoms with Gasteiger partial charge in [0.15, 0.2) is 5.11 Å². The Labute approximate surface area is 176 Å². The second kappa shape index (κ2) is 8.53. The van der Waals surface area contributed by atoms with Crippen molar-refractivity contribution < 1.29 is 14.3 Å². The summed E-state index contributed by atoms with van der Waals surface area (Å²) in [5, 5.41) is 9.75. The van der Waals surface area contributed by atoms with Crippen molar-refractivity contribution in [2.45, 2.75) is 26.8 Å². The summed E-state index contributed by atoms with van der Waals surface area (Å²) in [4.78, 5) is 13.3. The van der Waals surface area contributed by atoms with Crippen molar-refractivity contribution in [2.24, 2.45) is 0 Å². The van der Waals surface area contributed by atoms with Crippen LogP contribution in [0.3, 0.4) is 0 Å². The molecule has 0 saturated heterocycles. The van der Waals surface area contributed by atoms with Crippen LogP contribution < -0.4 is 25.4 Å². The highest BCUT2D eigenvalue weighted by Gasteiger charge is 2.32. The summed E-state index contributed by atoms with van der Waals surface area (Å²) in [6, 6.07) is 11.0. The Morgan fingerprint density at radius 1 is 1.07 bits per heavy atom. The predicted octanol–water partition coefficient (Wildman–Crippen LogP) is 3.75. The van der Waals surface area contributed by atoms with Gasteiger partial charge in [-0.15, -0.1) is 0 Å². The van der Waals surface area contributed by atoms with Crippen molar-refractivity contribution in [2.75, 3.05) is 19.5 Å². The van der Waals surface area contributed by atoms with Gasteiger partial charge < -0.3 is 25.4 Å². The molecular formula is C22H25N3O3S. The molecule has 0 spiro atoms. The number of anilines is 1. The Hall–Kier alpha value is -3.06. The summed E-state index contributed by atoms with van der Waals surface area (Å²) >= 11 is 5.34. The van der Waals surface area contributed by atoms with Gasteiger partial charge in [-0.25, -0.2) is 0 Å². The highest BCUT2D eigenvalue weighted by Crippen LogP contribution is 2.36. The summed E-state index contributed by atoms with van der Waals surface area (Å²) in [5.74, 6) is 1.07. The van der Waals surface area contributed by atoms with Crippen molar-refractivity contribution in [1.29, 1.82) is 0 Å². The van der Waals surface area contributed by atoms with E-state index in [1.807, 2.05) is 51.1 Å². The quantitative estimate of drug-likeness (QED) is 0.651. The molecule has 1 heterocycles. The van der Waals surface area contributed by atoms with E-state index < -0.39 is 6.04 Å². The van der Waals surface area contributed by atoms with E-state index in [-0.39, 0.29) is 5.91 Å². The molecule has 1 atom stereocenters. The largest absolute Gasteiger partial charge is 0.497 e. The molecule has 1 amide bonds. The van der Waals surface area contributed by atoms with E-state index in [0.717, 1.165) is 22.4 Å². The first kappa shape index (κ1) is 20.7. The van der Waals surface area contributed by atoms with E-state index in [9.17, 15) is 4.79 Å². The minimum atomic E-state index is -0.463. The molecule has 0 fully saturated rings. The van der Waals surface area contributed by atoms with E-state index in [4.69, 9.17) is 21.7 Å². The Balaban J connectivity index is 2.02. The number of nitrogens with one attached hydrogen (secondary N) is 3. The first-order valence-corrected chi connectivity index (χ1v) is 9.63. The summed E-state index contributed by atoms with van der Waals surface area (Å²) in [6.07, 6.45) is 0. The molecule has 0 radical (unpaired) electrons. The fourth-order valence-corrected chi connectivity index (χ4v) is 3.62. The minimum Gasteiger partial charge on any atom is -0.497 e. The van der Waals surface area contributed by atoms with Crippen molar-refractivity contribution in [1.82, 2.24) is 10.6 Å².